The maximum Gasteiger partial charge on any atom is 0.410 e. The molecule has 2 N–H and O–H groups in total. The number of piperidine rings is 1. The van der Waals surface area contributed by atoms with Gasteiger partial charge in [-0.25, -0.2) is 4.79 Å². The molecule has 1 fully saturated rings. The molecule has 5 nitrogen and oxygen atoms in total. The lowest BCUT2D eigenvalue weighted by Gasteiger charge is -2.34. The standard InChI is InChI=1S/C15H28N2O3/c1-15(2,3)20-14(19)17-10-4-5-12(11-17)6-7-13(18)8-9-16/h12H,4-11,16H2,1-3H3. The molecule has 1 saturated heterocycles. The van der Waals surface area contributed by atoms with Crippen LogP contribution in [0, 0.1) is 5.92 Å². The third kappa shape index (κ3) is 6.37. The number of nitrogens with zero attached hydrogens (tertiary/aromatic N) is 1. The highest BCUT2D eigenvalue weighted by atomic mass is 16.6. The average molecular weight is 284 g/mol. The van der Waals surface area contributed by atoms with Gasteiger partial charge in [0.05, 0.1) is 0 Å². The van der Waals surface area contributed by atoms with E-state index in [0.717, 1.165) is 25.8 Å². The molecule has 5 heteroatoms. The van der Waals surface area contributed by atoms with Crippen LogP contribution in [-0.4, -0.2) is 42.0 Å². The van der Waals surface area contributed by atoms with E-state index in [0.29, 0.717) is 31.8 Å². The molecule has 20 heavy (non-hydrogen) atoms. The minimum absolute atomic E-state index is 0.224. The van der Waals surface area contributed by atoms with Crippen LogP contribution in [0.4, 0.5) is 4.79 Å². The molecule has 1 atom stereocenters. The van der Waals surface area contributed by atoms with E-state index in [1.807, 2.05) is 20.8 Å². The number of amides is 1. The van der Waals surface area contributed by atoms with E-state index >= 15 is 0 Å². The first-order valence-corrected chi connectivity index (χ1v) is 7.51. The highest BCUT2D eigenvalue weighted by Crippen LogP contribution is 2.23. The van der Waals surface area contributed by atoms with Gasteiger partial charge in [0.1, 0.15) is 11.4 Å². The van der Waals surface area contributed by atoms with Gasteiger partial charge >= 0.3 is 6.09 Å². The Hall–Kier alpha value is -1.10. The van der Waals surface area contributed by atoms with Gasteiger partial charge in [0, 0.05) is 25.9 Å². The van der Waals surface area contributed by atoms with Crippen LogP contribution in [0.25, 0.3) is 0 Å². The van der Waals surface area contributed by atoms with Crippen molar-refractivity contribution in [3.63, 3.8) is 0 Å². The Labute approximate surface area is 121 Å². The molecule has 0 aliphatic carbocycles. The summed E-state index contributed by atoms with van der Waals surface area (Å²) in [4.78, 5) is 25.3. The van der Waals surface area contributed by atoms with E-state index in [9.17, 15) is 9.59 Å². The summed E-state index contributed by atoms with van der Waals surface area (Å²) in [5.41, 5.74) is 4.91. The molecule has 0 saturated carbocycles. The summed E-state index contributed by atoms with van der Waals surface area (Å²) in [6, 6.07) is 0. The van der Waals surface area contributed by atoms with Gasteiger partial charge in [-0.15, -0.1) is 0 Å². The van der Waals surface area contributed by atoms with Gasteiger partial charge in [-0.2, -0.15) is 0 Å². The fourth-order valence-electron chi connectivity index (χ4n) is 2.44. The lowest BCUT2D eigenvalue weighted by atomic mass is 9.92. The third-order valence-corrected chi connectivity index (χ3v) is 3.43. The zero-order valence-electron chi connectivity index (χ0n) is 13.0. The minimum Gasteiger partial charge on any atom is -0.444 e. The number of carbonyl (C=O) groups is 2. The Morgan fingerprint density at radius 1 is 1.30 bits per heavy atom. The molecule has 0 aromatic heterocycles. The number of ketones is 1. The quantitative estimate of drug-likeness (QED) is 0.841. The van der Waals surface area contributed by atoms with Crippen LogP contribution in [0.5, 0.6) is 0 Å². The van der Waals surface area contributed by atoms with Gasteiger partial charge < -0.3 is 15.4 Å². The molecule has 1 aliphatic rings. The van der Waals surface area contributed by atoms with Crippen molar-refractivity contribution < 1.29 is 14.3 Å². The van der Waals surface area contributed by atoms with E-state index in [2.05, 4.69) is 0 Å². The van der Waals surface area contributed by atoms with Gasteiger partial charge in [0.15, 0.2) is 0 Å². The molecule has 1 heterocycles. The van der Waals surface area contributed by atoms with Crippen LogP contribution < -0.4 is 5.73 Å². The van der Waals surface area contributed by atoms with Crippen molar-refractivity contribution in [3.05, 3.63) is 0 Å². The monoisotopic (exact) mass is 284 g/mol. The first-order chi connectivity index (χ1) is 9.31. The van der Waals surface area contributed by atoms with Crippen LogP contribution >= 0.6 is 0 Å². The van der Waals surface area contributed by atoms with Crippen LogP contribution in [0.15, 0.2) is 0 Å². The van der Waals surface area contributed by atoms with Crippen molar-refractivity contribution >= 4 is 11.9 Å². The Morgan fingerprint density at radius 2 is 2.00 bits per heavy atom. The second-order valence-electron chi connectivity index (χ2n) is 6.55. The van der Waals surface area contributed by atoms with Gasteiger partial charge in [0.25, 0.3) is 0 Å². The highest BCUT2D eigenvalue weighted by Gasteiger charge is 2.27. The zero-order valence-corrected chi connectivity index (χ0v) is 13.0. The molecule has 0 aromatic carbocycles. The first kappa shape index (κ1) is 17.0. The summed E-state index contributed by atoms with van der Waals surface area (Å²) in [6.45, 7) is 7.49. The van der Waals surface area contributed by atoms with Gasteiger partial charge in [-0.1, -0.05) is 0 Å². The molecule has 0 bridgehead atoms. The molecular formula is C15H28N2O3. The maximum absolute atomic E-state index is 12.0. The summed E-state index contributed by atoms with van der Waals surface area (Å²) < 4.78 is 5.39. The van der Waals surface area contributed by atoms with E-state index < -0.39 is 5.60 Å². The Bertz CT molecular complexity index is 337. The van der Waals surface area contributed by atoms with Crippen LogP contribution in [-0.2, 0) is 9.53 Å². The summed E-state index contributed by atoms with van der Waals surface area (Å²) >= 11 is 0. The maximum atomic E-state index is 12.0. The number of carbonyl (C=O) groups excluding carboxylic acids is 2. The number of Topliss-reactive ketones (excluding diaryl/α,β-unsaturated/α-hetero) is 1. The van der Waals surface area contributed by atoms with Crippen molar-refractivity contribution in [1.29, 1.82) is 0 Å². The van der Waals surface area contributed by atoms with E-state index in [1.165, 1.54) is 0 Å². The molecule has 1 rings (SSSR count). The number of rotatable bonds is 5. The van der Waals surface area contributed by atoms with Gasteiger partial charge in [-0.05, 0) is 52.5 Å². The van der Waals surface area contributed by atoms with E-state index in [1.54, 1.807) is 4.90 Å². The fourth-order valence-corrected chi connectivity index (χ4v) is 2.44. The van der Waals surface area contributed by atoms with Crippen molar-refractivity contribution in [2.75, 3.05) is 19.6 Å². The molecular weight excluding hydrogens is 256 g/mol. The summed E-state index contributed by atoms with van der Waals surface area (Å²) in [5.74, 6) is 0.625. The van der Waals surface area contributed by atoms with Crippen molar-refractivity contribution in [2.45, 2.75) is 58.5 Å². The van der Waals surface area contributed by atoms with E-state index in [4.69, 9.17) is 10.5 Å². The Morgan fingerprint density at radius 3 is 2.60 bits per heavy atom. The predicted molar refractivity (Wildman–Crippen MR) is 78.4 cm³/mol. The lowest BCUT2D eigenvalue weighted by molar-refractivity contribution is -0.119. The smallest absolute Gasteiger partial charge is 0.410 e. The molecule has 0 spiro atoms. The van der Waals surface area contributed by atoms with Crippen LogP contribution in [0.2, 0.25) is 0 Å². The number of nitrogens with two attached hydrogens (primary N) is 1. The largest absolute Gasteiger partial charge is 0.444 e. The van der Waals surface area contributed by atoms with Gasteiger partial charge in [0.2, 0.25) is 0 Å². The van der Waals surface area contributed by atoms with Gasteiger partial charge in [-0.3, -0.25) is 4.79 Å². The molecule has 116 valence electrons. The summed E-state index contributed by atoms with van der Waals surface area (Å²) in [6.07, 6.45) is 3.70. The van der Waals surface area contributed by atoms with Crippen molar-refractivity contribution in [1.82, 2.24) is 4.90 Å². The van der Waals surface area contributed by atoms with E-state index in [-0.39, 0.29) is 11.9 Å². The molecule has 0 radical (unpaired) electrons. The molecule has 0 aromatic rings. The number of hydrogen-bond acceptors (Lipinski definition) is 4. The number of ether oxygens (including phenoxy) is 1. The van der Waals surface area contributed by atoms with Crippen LogP contribution in [0.1, 0.15) is 52.9 Å². The average Bonchev–Trinajstić information content (AvgIpc) is 2.35. The molecule has 1 aliphatic heterocycles. The second-order valence-corrected chi connectivity index (χ2v) is 6.55. The predicted octanol–water partition coefficient (Wildman–Crippen LogP) is 2.33. The zero-order chi connectivity index (χ0) is 15.2. The molecule has 1 amide bonds. The minimum atomic E-state index is -0.457. The van der Waals surface area contributed by atoms with Crippen molar-refractivity contribution in [2.24, 2.45) is 11.7 Å². The molecule has 1 unspecified atom stereocenters. The second kappa shape index (κ2) is 7.62. The number of likely N-dealkylation sites (tertiary alicyclic amines) is 1. The number of hydrogen-bond donors (Lipinski definition) is 1. The SMILES string of the molecule is CC(C)(C)OC(=O)N1CCCC(CCC(=O)CCN)C1. The highest BCUT2D eigenvalue weighted by molar-refractivity contribution is 5.78. The topological polar surface area (TPSA) is 72.6 Å². The third-order valence-electron chi connectivity index (χ3n) is 3.43. The lowest BCUT2D eigenvalue weighted by Crippen LogP contribution is -2.42. The fraction of sp³-hybridized carbons (Fsp3) is 0.867. The van der Waals surface area contributed by atoms with Crippen molar-refractivity contribution in [3.8, 4) is 0 Å². The Balaban J connectivity index is 2.38. The summed E-state index contributed by atoms with van der Waals surface area (Å²) in [5, 5.41) is 0. The summed E-state index contributed by atoms with van der Waals surface area (Å²) in [7, 11) is 0. The normalized spacial score (nSPS) is 19.8. The first-order valence-electron chi connectivity index (χ1n) is 7.51. The Kier molecular flexibility index (Phi) is 6.46. The van der Waals surface area contributed by atoms with Crippen LogP contribution in [0.3, 0.4) is 0 Å².